The summed E-state index contributed by atoms with van der Waals surface area (Å²) >= 11 is 0. The van der Waals surface area contributed by atoms with E-state index in [1.54, 1.807) is 46.5 Å². The van der Waals surface area contributed by atoms with Gasteiger partial charge in [0.1, 0.15) is 11.5 Å². The number of benzene rings is 1. The van der Waals surface area contributed by atoms with Crippen molar-refractivity contribution in [1.82, 2.24) is 4.90 Å². The highest BCUT2D eigenvalue weighted by Gasteiger charge is 2.41. The summed E-state index contributed by atoms with van der Waals surface area (Å²) in [7, 11) is 3.22. The van der Waals surface area contributed by atoms with Crippen molar-refractivity contribution in [2.45, 2.75) is 19.4 Å². The summed E-state index contributed by atoms with van der Waals surface area (Å²) < 4.78 is 11.4. The van der Waals surface area contributed by atoms with E-state index in [-0.39, 0.29) is 17.7 Å². The highest BCUT2D eigenvalue weighted by Crippen LogP contribution is 2.45. The fraction of sp³-hybridized carbons (Fsp3) is 0.333. The molecule has 3 aliphatic rings. The fourth-order valence-corrected chi connectivity index (χ4v) is 3.18. The van der Waals surface area contributed by atoms with E-state index in [9.17, 15) is 9.59 Å². The van der Waals surface area contributed by atoms with Crippen molar-refractivity contribution in [2.75, 3.05) is 19.5 Å². The topological polar surface area (TPSA) is 92.6 Å². The molecule has 0 saturated carbocycles. The first kappa shape index (κ1) is 16.3. The van der Waals surface area contributed by atoms with Crippen molar-refractivity contribution in [3.63, 3.8) is 0 Å². The Kier molecular flexibility index (Phi) is 3.40. The summed E-state index contributed by atoms with van der Waals surface area (Å²) in [6.07, 6.45) is 3.37. The normalized spacial score (nSPS) is 22.8. The van der Waals surface area contributed by atoms with Crippen LogP contribution < -0.4 is 14.8 Å². The van der Waals surface area contributed by atoms with Gasteiger partial charge in [-0.25, -0.2) is 0 Å². The number of allylic oxidation sites excluding steroid dienone is 1. The number of amides is 2. The van der Waals surface area contributed by atoms with Gasteiger partial charge in [0.15, 0.2) is 11.4 Å². The second-order valence-corrected chi connectivity index (χ2v) is 6.85. The first-order valence-electron chi connectivity index (χ1n) is 8.14. The Morgan fingerprint density at radius 1 is 1.31 bits per heavy atom. The smallest absolute Gasteiger partial charge is 0.274 e. The number of fused-ring (bicyclic) bond motifs is 2. The zero-order valence-corrected chi connectivity index (χ0v) is 14.9. The Morgan fingerprint density at radius 2 is 2.08 bits per heavy atom. The minimum absolute atomic E-state index is 0.192. The van der Waals surface area contributed by atoms with E-state index < -0.39 is 5.60 Å². The maximum atomic E-state index is 12.3. The number of carbonyl (C=O) groups is 2. The van der Waals surface area contributed by atoms with E-state index in [0.29, 0.717) is 22.9 Å². The van der Waals surface area contributed by atoms with Gasteiger partial charge in [-0.3, -0.25) is 9.59 Å². The fourth-order valence-electron chi connectivity index (χ4n) is 3.18. The van der Waals surface area contributed by atoms with Crippen molar-refractivity contribution in [2.24, 2.45) is 16.1 Å². The molecular formula is C18H18N4O4. The average molecular weight is 354 g/mol. The maximum absolute atomic E-state index is 12.3. The van der Waals surface area contributed by atoms with E-state index >= 15 is 0 Å². The van der Waals surface area contributed by atoms with E-state index in [2.05, 4.69) is 15.5 Å². The summed E-state index contributed by atoms with van der Waals surface area (Å²) in [4.78, 5) is 26.0. The lowest BCUT2D eigenvalue weighted by Gasteiger charge is -2.35. The number of ether oxygens (including phenoxy) is 2. The van der Waals surface area contributed by atoms with E-state index in [1.807, 2.05) is 6.07 Å². The molecule has 3 aliphatic heterocycles. The van der Waals surface area contributed by atoms with E-state index in [1.165, 1.54) is 4.90 Å². The molecule has 8 nitrogen and oxygen atoms in total. The SMILES string of the molecule is COc1cc2c(c(C3=CN(C)C(=O)C4=NN=CC34)c1)OC(C)(C)C(=O)N2. The minimum Gasteiger partial charge on any atom is -0.497 e. The molecule has 1 aromatic carbocycles. The monoisotopic (exact) mass is 354 g/mol. The number of nitrogens with zero attached hydrogens (tertiary/aromatic N) is 3. The van der Waals surface area contributed by atoms with Crippen molar-refractivity contribution < 1.29 is 19.1 Å². The Hall–Kier alpha value is -3.16. The molecule has 0 saturated heterocycles. The Bertz CT molecular complexity index is 929. The largest absolute Gasteiger partial charge is 0.497 e. The molecule has 4 rings (SSSR count). The molecule has 0 fully saturated rings. The average Bonchev–Trinajstić information content (AvgIpc) is 3.08. The van der Waals surface area contributed by atoms with Crippen LogP contribution >= 0.6 is 0 Å². The Morgan fingerprint density at radius 3 is 2.81 bits per heavy atom. The predicted octanol–water partition coefficient (Wildman–Crippen LogP) is 1.67. The molecule has 1 atom stereocenters. The first-order chi connectivity index (χ1) is 12.3. The quantitative estimate of drug-likeness (QED) is 0.874. The molecule has 2 amide bonds. The molecule has 134 valence electrons. The Labute approximate surface area is 150 Å². The molecule has 0 spiro atoms. The van der Waals surface area contributed by atoms with Gasteiger partial charge < -0.3 is 19.7 Å². The molecule has 3 heterocycles. The summed E-state index contributed by atoms with van der Waals surface area (Å²) in [6, 6.07) is 3.54. The van der Waals surface area contributed by atoms with Crippen LogP contribution in [-0.2, 0) is 9.59 Å². The van der Waals surface area contributed by atoms with Gasteiger partial charge in [-0.1, -0.05) is 0 Å². The molecule has 8 heteroatoms. The van der Waals surface area contributed by atoms with Gasteiger partial charge in [-0.05, 0) is 25.5 Å². The molecule has 0 aromatic heterocycles. The molecule has 0 radical (unpaired) electrons. The van der Waals surface area contributed by atoms with Crippen molar-refractivity contribution in [3.05, 3.63) is 23.9 Å². The predicted molar refractivity (Wildman–Crippen MR) is 96.5 cm³/mol. The third-order valence-corrected chi connectivity index (χ3v) is 4.64. The van der Waals surface area contributed by atoms with Crippen LogP contribution in [0.3, 0.4) is 0 Å². The van der Waals surface area contributed by atoms with Crippen LogP contribution in [0.1, 0.15) is 19.4 Å². The van der Waals surface area contributed by atoms with Gasteiger partial charge in [0.25, 0.3) is 11.8 Å². The van der Waals surface area contributed by atoms with Crippen LogP contribution in [0.5, 0.6) is 11.5 Å². The standard InChI is InChI=1S/C18H18N4O4/c1-18(2)17(24)20-13-6-9(25-4)5-10(15(13)26-18)12-8-22(3)16(23)14-11(12)7-19-21-14/h5-8,11H,1-4H3,(H,20,24). The summed E-state index contributed by atoms with van der Waals surface area (Å²) in [5, 5.41) is 10.8. The van der Waals surface area contributed by atoms with Gasteiger partial charge in [-0.15, -0.1) is 5.10 Å². The van der Waals surface area contributed by atoms with Crippen molar-refractivity contribution >= 4 is 35.0 Å². The molecule has 0 bridgehead atoms. The molecule has 0 aliphatic carbocycles. The van der Waals surface area contributed by atoms with Gasteiger partial charge >= 0.3 is 0 Å². The highest BCUT2D eigenvalue weighted by molar-refractivity contribution is 6.46. The van der Waals surface area contributed by atoms with E-state index in [0.717, 1.165) is 11.1 Å². The van der Waals surface area contributed by atoms with Crippen molar-refractivity contribution in [3.8, 4) is 11.5 Å². The molecule has 1 N–H and O–H groups in total. The minimum atomic E-state index is -1.02. The molecule has 1 unspecified atom stereocenters. The van der Waals surface area contributed by atoms with Crippen LogP contribution in [0.2, 0.25) is 0 Å². The zero-order chi connectivity index (χ0) is 18.6. The molecule has 26 heavy (non-hydrogen) atoms. The van der Waals surface area contributed by atoms with E-state index in [4.69, 9.17) is 9.47 Å². The molecule has 1 aromatic rings. The third kappa shape index (κ3) is 2.29. The lowest BCUT2D eigenvalue weighted by atomic mass is 9.86. The number of anilines is 1. The van der Waals surface area contributed by atoms with Crippen LogP contribution in [0.15, 0.2) is 28.5 Å². The van der Waals surface area contributed by atoms with Gasteiger partial charge in [0.05, 0.1) is 18.7 Å². The molecular weight excluding hydrogens is 336 g/mol. The lowest BCUT2D eigenvalue weighted by Crippen LogP contribution is -2.46. The van der Waals surface area contributed by atoms with Crippen molar-refractivity contribution in [1.29, 1.82) is 0 Å². The van der Waals surface area contributed by atoms with Crippen LogP contribution in [0.4, 0.5) is 5.69 Å². The third-order valence-electron chi connectivity index (χ3n) is 4.64. The number of methoxy groups -OCH3 is 1. The first-order valence-corrected chi connectivity index (χ1v) is 8.14. The number of hydrogen-bond acceptors (Lipinski definition) is 6. The van der Waals surface area contributed by atoms with Gasteiger partial charge in [0, 0.05) is 31.1 Å². The number of hydrogen-bond donors (Lipinski definition) is 1. The highest BCUT2D eigenvalue weighted by atomic mass is 16.5. The number of rotatable bonds is 2. The Balaban J connectivity index is 1.92. The van der Waals surface area contributed by atoms with Crippen LogP contribution in [-0.4, -0.2) is 48.4 Å². The van der Waals surface area contributed by atoms with Crippen LogP contribution in [0.25, 0.3) is 5.57 Å². The van der Waals surface area contributed by atoms with Crippen LogP contribution in [0, 0.1) is 5.92 Å². The number of carbonyl (C=O) groups excluding carboxylic acids is 2. The maximum Gasteiger partial charge on any atom is 0.274 e. The summed E-state index contributed by atoms with van der Waals surface area (Å²) in [5.41, 5.74) is 1.39. The lowest BCUT2D eigenvalue weighted by molar-refractivity contribution is -0.129. The summed E-state index contributed by atoms with van der Waals surface area (Å²) in [6.45, 7) is 3.40. The second kappa shape index (κ2) is 5.42. The second-order valence-electron chi connectivity index (χ2n) is 6.85. The zero-order valence-electron chi connectivity index (χ0n) is 14.9. The summed E-state index contributed by atoms with van der Waals surface area (Å²) in [5.74, 6) is 0.306. The van der Waals surface area contributed by atoms with Gasteiger partial charge in [-0.2, -0.15) is 5.10 Å². The number of nitrogens with one attached hydrogen (secondary N) is 1. The van der Waals surface area contributed by atoms with Gasteiger partial charge in [0.2, 0.25) is 0 Å².